The minimum atomic E-state index is -1.34. The number of benzene rings is 1. The third-order valence-corrected chi connectivity index (χ3v) is 6.56. The smallest absolute Gasteiger partial charge is 0.328 e. The highest BCUT2D eigenvalue weighted by molar-refractivity contribution is 7.99. The molecule has 2 aliphatic rings. The van der Waals surface area contributed by atoms with Crippen LogP contribution in [0.5, 0.6) is 5.75 Å². The molecule has 2 aliphatic heterocycles. The Kier molecular flexibility index (Phi) is 6.06. The number of ether oxygens (including phenoxy) is 1. The number of barbiturate groups is 1. The highest BCUT2D eigenvalue weighted by Gasteiger charge is 2.46. The van der Waals surface area contributed by atoms with E-state index in [-0.39, 0.29) is 18.3 Å². The Morgan fingerprint density at radius 3 is 2.44 bits per heavy atom. The van der Waals surface area contributed by atoms with Crippen LogP contribution in [0.4, 0.5) is 4.79 Å². The van der Waals surface area contributed by atoms with E-state index >= 15 is 0 Å². The highest BCUT2D eigenvalue weighted by Crippen LogP contribution is 2.35. The van der Waals surface area contributed by atoms with E-state index in [1.165, 1.54) is 13.3 Å². The summed E-state index contributed by atoms with van der Waals surface area (Å²) in [6, 6.07) is 6.44. The number of thioether (sulfide) groups is 1. The Morgan fingerprint density at radius 1 is 1.19 bits per heavy atom. The molecule has 1 aromatic rings. The lowest BCUT2D eigenvalue weighted by Crippen LogP contribution is -2.61. The van der Waals surface area contributed by atoms with Crippen LogP contribution >= 0.6 is 11.8 Å². The molecule has 2 saturated heterocycles. The van der Waals surface area contributed by atoms with Gasteiger partial charge < -0.3 is 9.84 Å². The first-order valence-corrected chi connectivity index (χ1v) is 10.1. The molecule has 146 valence electrons. The van der Waals surface area contributed by atoms with E-state index in [4.69, 9.17) is 4.74 Å². The number of rotatable bonds is 6. The molecule has 1 aromatic carbocycles. The van der Waals surface area contributed by atoms with Gasteiger partial charge in [0, 0.05) is 11.7 Å². The SMILES string of the molecule is CC1(CCOc2ccc(C(O)C3CCCCS3)cc2)C(=O)NC(=O)NC1=O. The van der Waals surface area contributed by atoms with Gasteiger partial charge in [0.1, 0.15) is 11.2 Å². The zero-order valence-electron chi connectivity index (χ0n) is 15.2. The molecular formula is C19H24N2O5S. The Bertz CT molecular complexity index is 695. The van der Waals surface area contributed by atoms with Crippen LogP contribution in [0.15, 0.2) is 24.3 Å². The molecule has 2 fully saturated rings. The number of urea groups is 1. The number of hydrogen-bond donors (Lipinski definition) is 3. The van der Waals surface area contributed by atoms with Crippen LogP contribution in [0.25, 0.3) is 0 Å². The van der Waals surface area contributed by atoms with Crippen molar-refractivity contribution in [3.8, 4) is 5.75 Å². The largest absolute Gasteiger partial charge is 0.494 e. The van der Waals surface area contributed by atoms with E-state index < -0.39 is 29.4 Å². The predicted octanol–water partition coefficient (Wildman–Crippen LogP) is 2.15. The van der Waals surface area contributed by atoms with Crippen LogP contribution < -0.4 is 15.4 Å². The van der Waals surface area contributed by atoms with Gasteiger partial charge in [-0.05, 0) is 43.2 Å². The highest BCUT2D eigenvalue weighted by atomic mass is 32.2. The first-order chi connectivity index (χ1) is 12.9. The van der Waals surface area contributed by atoms with E-state index in [9.17, 15) is 19.5 Å². The van der Waals surface area contributed by atoms with Crippen LogP contribution in [0.1, 0.15) is 44.3 Å². The fourth-order valence-electron chi connectivity index (χ4n) is 3.21. The third-order valence-electron chi connectivity index (χ3n) is 5.12. The van der Waals surface area contributed by atoms with E-state index in [0.29, 0.717) is 5.75 Å². The van der Waals surface area contributed by atoms with Crippen LogP contribution in [-0.2, 0) is 9.59 Å². The molecular weight excluding hydrogens is 368 g/mol. The molecule has 0 saturated carbocycles. The number of carbonyl (C=O) groups excluding carboxylic acids is 3. The summed E-state index contributed by atoms with van der Waals surface area (Å²) in [6.45, 7) is 1.63. The van der Waals surface area contributed by atoms with Crippen LogP contribution in [0.3, 0.4) is 0 Å². The molecule has 0 radical (unpaired) electrons. The van der Waals surface area contributed by atoms with Crippen molar-refractivity contribution in [2.75, 3.05) is 12.4 Å². The van der Waals surface area contributed by atoms with E-state index in [1.54, 1.807) is 12.1 Å². The molecule has 8 heteroatoms. The lowest BCUT2D eigenvalue weighted by atomic mass is 9.84. The lowest BCUT2D eigenvalue weighted by molar-refractivity contribution is -0.144. The first-order valence-electron chi connectivity index (χ1n) is 9.09. The number of amides is 4. The van der Waals surface area contributed by atoms with Gasteiger partial charge in [-0.1, -0.05) is 18.6 Å². The summed E-state index contributed by atoms with van der Waals surface area (Å²) in [7, 11) is 0. The monoisotopic (exact) mass is 392 g/mol. The quantitative estimate of drug-likeness (QED) is 0.641. The average Bonchev–Trinajstić information content (AvgIpc) is 2.67. The normalized spacial score (nSPS) is 23.3. The molecule has 2 atom stereocenters. The summed E-state index contributed by atoms with van der Waals surface area (Å²) in [4.78, 5) is 35.1. The maximum absolute atomic E-state index is 12.0. The fourth-order valence-corrected chi connectivity index (χ4v) is 4.55. The summed E-state index contributed by atoms with van der Waals surface area (Å²) in [5, 5.41) is 15.0. The van der Waals surface area contributed by atoms with Crippen molar-refractivity contribution in [3.63, 3.8) is 0 Å². The van der Waals surface area contributed by atoms with Crippen molar-refractivity contribution in [2.24, 2.45) is 5.41 Å². The molecule has 7 nitrogen and oxygen atoms in total. The number of aliphatic hydroxyl groups is 1. The molecule has 0 bridgehead atoms. The number of hydrogen-bond acceptors (Lipinski definition) is 6. The third kappa shape index (κ3) is 4.44. The van der Waals surface area contributed by atoms with Gasteiger partial charge in [0.15, 0.2) is 0 Å². The lowest BCUT2D eigenvalue weighted by Gasteiger charge is -2.30. The molecule has 0 aromatic heterocycles. The van der Waals surface area contributed by atoms with E-state index in [1.807, 2.05) is 23.9 Å². The molecule has 0 spiro atoms. The maximum Gasteiger partial charge on any atom is 0.328 e. The Balaban J connectivity index is 1.53. The van der Waals surface area contributed by atoms with Crippen molar-refractivity contribution in [2.45, 2.75) is 44.0 Å². The van der Waals surface area contributed by atoms with Crippen molar-refractivity contribution < 1.29 is 24.2 Å². The maximum atomic E-state index is 12.0. The number of aliphatic hydroxyl groups excluding tert-OH is 1. The van der Waals surface area contributed by atoms with Gasteiger partial charge >= 0.3 is 6.03 Å². The Hall–Kier alpha value is -2.06. The van der Waals surface area contributed by atoms with Gasteiger partial charge in [-0.25, -0.2) is 4.79 Å². The topological polar surface area (TPSA) is 105 Å². The van der Waals surface area contributed by atoms with Gasteiger partial charge in [0.05, 0.1) is 12.7 Å². The summed E-state index contributed by atoms with van der Waals surface area (Å²) < 4.78 is 5.65. The zero-order chi connectivity index (χ0) is 19.4. The van der Waals surface area contributed by atoms with Gasteiger partial charge in [-0.2, -0.15) is 11.8 Å². The van der Waals surface area contributed by atoms with Crippen LogP contribution in [-0.4, -0.2) is 40.6 Å². The predicted molar refractivity (Wildman–Crippen MR) is 101 cm³/mol. The van der Waals surface area contributed by atoms with Gasteiger partial charge in [0.2, 0.25) is 11.8 Å². The summed E-state index contributed by atoms with van der Waals surface area (Å²) in [5.41, 5.74) is -0.485. The average molecular weight is 392 g/mol. The van der Waals surface area contributed by atoms with Crippen molar-refractivity contribution >= 4 is 29.6 Å². The minimum absolute atomic E-state index is 0.140. The van der Waals surface area contributed by atoms with Gasteiger partial charge in [-0.3, -0.25) is 20.2 Å². The number of imide groups is 2. The molecule has 0 aliphatic carbocycles. The molecule has 2 heterocycles. The summed E-state index contributed by atoms with van der Waals surface area (Å²) in [5.74, 6) is 0.444. The number of nitrogens with one attached hydrogen (secondary N) is 2. The van der Waals surface area contributed by atoms with E-state index in [0.717, 1.165) is 24.2 Å². The minimum Gasteiger partial charge on any atom is -0.494 e. The molecule has 3 N–H and O–H groups in total. The van der Waals surface area contributed by atoms with Crippen LogP contribution in [0, 0.1) is 5.41 Å². The fraction of sp³-hybridized carbons (Fsp3) is 0.526. The van der Waals surface area contributed by atoms with Crippen molar-refractivity contribution in [3.05, 3.63) is 29.8 Å². The molecule has 3 rings (SSSR count). The summed E-state index contributed by atoms with van der Waals surface area (Å²) in [6.07, 6.45) is 3.04. The van der Waals surface area contributed by atoms with E-state index in [2.05, 4.69) is 10.6 Å². The first kappa shape index (κ1) is 19.7. The molecule has 2 unspecified atom stereocenters. The van der Waals surface area contributed by atoms with Gasteiger partial charge in [-0.15, -0.1) is 0 Å². The van der Waals surface area contributed by atoms with Crippen LogP contribution in [0.2, 0.25) is 0 Å². The molecule has 4 amide bonds. The zero-order valence-corrected chi connectivity index (χ0v) is 16.0. The second-order valence-corrected chi connectivity index (χ2v) is 8.43. The summed E-state index contributed by atoms with van der Waals surface area (Å²) >= 11 is 1.82. The van der Waals surface area contributed by atoms with Crippen molar-refractivity contribution in [1.82, 2.24) is 10.6 Å². The second kappa shape index (κ2) is 8.31. The van der Waals surface area contributed by atoms with Crippen molar-refractivity contribution in [1.29, 1.82) is 0 Å². The Labute approximate surface area is 162 Å². The standard InChI is InChI=1S/C19H24N2O5S/c1-19(16(23)20-18(25)21-17(19)24)9-10-26-13-7-5-12(6-8-13)15(22)14-4-2-3-11-27-14/h5-8,14-15,22H,2-4,9-11H2,1H3,(H2,20,21,23,24,25). The Morgan fingerprint density at radius 2 is 1.85 bits per heavy atom. The second-order valence-electron chi connectivity index (χ2n) is 7.09. The van der Waals surface area contributed by atoms with Gasteiger partial charge in [0.25, 0.3) is 0 Å². The molecule has 27 heavy (non-hydrogen) atoms. The number of carbonyl (C=O) groups is 3.